The fraction of sp³-hybridized carbons (Fsp3) is 0.500. The zero-order valence-corrected chi connectivity index (χ0v) is 22.5. The number of halogens is 1. The lowest BCUT2D eigenvalue weighted by Gasteiger charge is -2.34. The molecule has 1 N–H and O–H groups in total. The number of rotatable bonds is 5. The van der Waals surface area contributed by atoms with Gasteiger partial charge in [0.15, 0.2) is 0 Å². The minimum Gasteiger partial charge on any atom is -0.307 e. The molecule has 0 radical (unpaired) electrons. The van der Waals surface area contributed by atoms with E-state index >= 15 is 0 Å². The van der Waals surface area contributed by atoms with Gasteiger partial charge in [-0.1, -0.05) is 25.7 Å². The molecule has 1 aliphatic carbocycles. The van der Waals surface area contributed by atoms with E-state index < -0.39 is 31.8 Å². The topological polar surface area (TPSA) is 104 Å². The summed E-state index contributed by atoms with van der Waals surface area (Å²) < 4.78 is 68.6. The van der Waals surface area contributed by atoms with Crippen molar-refractivity contribution in [2.45, 2.75) is 61.7 Å². The summed E-state index contributed by atoms with van der Waals surface area (Å²) >= 11 is 0. The van der Waals surface area contributed by atoms with E-state index in [1.54, 1.807) is 23.1 Å². The Labute approximate surface area is 217 Å². The van der Waals surface area contributed by atoms with Gasteiger partial charge in [0.1, 0.15) is 5.82 Å². The lowest BCUT2D eigenvalue weighted by Crippen LogP contribution is -2.38. The quantitative estimate of drug-likeness (QED) is 0.601. The molecule has 11 heteroatoms. The summed E-state index contributed by atoms with van der Waals surface area (Å²) in [5.74, 6) is -1.25. The van der Waals surface area contributed by atoms with Crippen molar-refractivity contribution in [1.82, 2.24) is 4.31 Å². The predicted molar refractivity (Wildman–Crippen MR) is 140 cm³/mol. The van der Waals surface area contributed by atoms with Gasteiger partial charge in [-0.05, 0) is 67.6 Å². The first-order valence-corrected chi connectivity index (χ1v) is 16.1. The van der Waals surface area contributed by atoms with Crippen molar-refractivity contribution < 1.29 is 26.0 Å². The number of nitrogens with zero attached hydrogens (tertiary/aromatic N) is 2. The minimum absolute atomic E-state index is 0.0206. The van der Waals surface area contributed by atoms with Crippen molar-refractivity contribution in [2.24, 2.45) is 0 Å². The lowest BCUT2D eigenvalue weighted by atomic mass is 9.70. The maximum absolute atomic E-state index is 14.7. The maximum atomic E-state index is 14.7. The van der Waals surface area contributed by atoms with E-state index in [1.807, 2.05) is 0 Å². The van der Waals surface area contributed by atoms with Crippen molar-refractivity contribution in [3.8, 4) is 0 Å². The van der Waals surface area contributed by atoms with Gasteiger partial charge in [-0.15, -0.1) is 0 Å². The minimum atomic E-state index is -3.92. The third-order valence-electron chi connectivity index (χ3n) is 7.75. The second kappa shape index (κ2) is 9.67. The third-order valence-corrected chi connectivity index (χ3v) is 10.2. The number of sulfonamides is 2. The first-order chi connectivity index (χ1) is 17.5. The molecular formula is C26H32FN3O5S2. The van der Waals surface area contributed by atoms with E-state index in [0.717, 1.165) is 75.3 Å². The van der Waals surface area contributed by atoms with Gasteiger partial charge in [-0.3, -0.25) is 9.52 Å². The average Bonchev–Trinajstić information content (AvgIpc) is 3.16. The van der Waals surface area contributed by atoms with Crippen molar-refractivity contribution >= 4 is 37.3 Å². The molecule has 0 unspecified atom stereocenters. The van der Waals surface area contributed by atoms with Crippen LogP contribution in [0.5, 0.6) is 0 Å². The van der Waals surface area contributed by atoms with Crippen molar-refractivity contribution in [3.05, 3.63) is 53.3 Å². The number of carbonyl (C=O) groups excluding carboxylic acids is 1. The van der Waals surface area contributed by atoms with Crippen LogP contribution in [0.3, 0.4) is 0 Å². The SMILES string of the molecule is CS(=O)(=O)Nc1ccc2c(c1)C1(CCCCC1)CN2C(=O)c1cc(F)cc(S(=O)(=O)N2CCCCC2)c1. The molecule has 0 aromatic heterocycles. The molecule has 1 amide bonds. The largest absolute Gasteiger partial charge is 0.307 e. The van der Waals surface area contributed by atoms with Crippen molar-refractivity contribution in [3.63, 3.8) is 0 Å². The molecule has 0 bridgehead atoms. The van der Waals surface area contributed by atoms with Crippen LogP contribution in [0.25, 0.3) is 0 Å². The van der Waals surface area contributed by atoms with E-state index in [0.29, 0.717) is 31.0 Å². The molecule has 1 saturated heterocycles. The van der Waals surface area contributed by atoms with Gasteiger partial charge < -0.3 is 4.90 Å². The summed E-state index contributed by atoms with van der Waals surface area (Å²) in [6.45, 7) is 1.15. The fourth-order valence-corrected chi connectivity index (χ4v) is 8.16. The van der Waals surface area contributed by atoms with Gasteiger partial charge in [-0.2, -0.15) is 4.31 Å². The van der Waals surface area contributed by atoms with Crippen LogP contribution >= 0.6 is 0 Å². The summed E-state index contributed by atoms with van der Waals surface area (Å²) in [4.78, 5) is 15.2. The van der Waals surface area contributed by atoms with Gasteiger partial charge in [0.05, 0.1) is 11.2 Å². The van der Waals surface area contributed by atoms with Crippen LogP contribution in [0.2, 0.25) is 0 Å². The highest BCUT2D eigenvalue weighted by atomic mass is 32.2. The Kier molecular flexibility index (Phi) is 6.82. The van der Waals surface area contributed by atoms with Crippen molar-refractivity contribution in [2.75, 3.05) is 35.5 Å². The van der Waals surface area contributed by atoms with E-state index in [4.69, 9.17) is 0 Å². The fourth-order valence-electron chi connectivity index (χ4n) is 6.03. The van der Waals surface area contributed by atoms with Gasteiger partial charge in [0, 0.05) is 42.0 Å². The Morgan fingerprint density at radius 3 is 2.27 bits per heavy atom. The number of nitrogens with one attached hydrogen (secondary N) is 1. The Bertz CT molecular complexity index is 1430. The highest BCUT2D eigenvalue weighted by Crippen LogP contribution is 2.50. The van der Waals surface area contributed by atoms with Crippen LogP contribution in [0.15, 0.2) is 41.3 Å². The number of carbonyl (C=O) groups is 1. The molecule has 8 nitrogen and oxygen atoms in total. The zero-order valence-electron chi connectivity index (χ0n) is 20.9. The number of hydrogen-bond acceptors (Lipinski definition) is 5. The van der Waals surface area contributed by atoms with E-state index in [9.17, 15) is 26.0 Å². The number of fused-ring (bicyclic) bond motifs is 2. The van der Waals surface area contributed by atoms with Crippen LogP contribution < -0.4 is 9.62 Å². The molecule has 5 rings (SSSR count). The number of amides is 1. The average molecular weight is 550 g/mol. The van der Waals surface area contributed by atoms with Crippen LogP contribution in [0.4, 0.5) is 15.8 Å². The Balaban J connectivity index is 1.52. The summed E-state index contributed by atoms with van der Waals surface area (Å²) in [5, 5.41) is 0. The highest BCUT2D eigenvalue weighted by molar-refractivity contribution is 7.92. The second-order valence-electron chi connectivity index (χ2n) is 10.5. The molecule has 200 valence electrons. The first-order valence-electron chi connectivity index (χ1n) is 12.7. The number of anilines is 2. The monoisotopic (exact) mass is 549 g/mol. The maximum Gasteiger partial charge on any atom is 0.258 e. The predicted octanol–water partition coefficient (Wildman–Crippen LogP) is 4.23. The Morgan fingerprint density at radius 2 is 1.59 bits per heavy atom. The molecule has 37 heavy (non-hydrogen) atoms. The summed E-state index contributed by atoms with van der Waals surface area (Å²) in [7, 11) is -7.39. The van der Waals surface area contributed by atoms with Gasteiger partial charge in [-0.25, -0.2) is 21.2 Å². The molecule has 1 saturated carbocycles. The molecule has 2 aromatic rings. The number of piperidine rings is 1. The van der Waals surface area contributed by atoms with Crippen LogP contribution in [0.1, 0.15) is 67.3 Å². The zero-order chi connectivity index (χ0) is 26.4. The molecule has 2 aromatic carbocycles. The summed E-state index contributed by atoms with van der Waals surface area (Å²) in [6, 6.07) is 8.47. The molecule has 3 aliphatic rings. The van der Waals surface area contributed by atoms with Crippen LogP contribution in [0, 0.1) is 5.82 Å². The van der Waals surface area contributed by atoms with E-state index in [-0.39, 0.29) is 15.9 Å². The second-order valence-corrected chi connectivity index (χ2v) is 14.2. The normalized spacial score (nSPS) is 20.1. The molecule has 1 spiro atoms. The highest BCUT2D eigenvalue weighted by Gasteiger charge is 2.45. The molecule has 2 fully saturated rings. The van der Waals surface area contributed by atoms with Crippen molar-refractivity contribution in [1.29, 1.82) is 0 Å². The van der Waals surface area contributed by atoms with E-state index in [1.165, 1.54) is 10.4 Å². The lowest BCUT2D eigenvalue weighted by molar-refractivity contribution is 0.0981. The van der Waals surface area contributed by atoms with Gasteiger partial charge >= 0.3 is 0 Å². The van der Waals surface area contributed by atoms with E-state index in [2.05, 4.69) is 4.72 Å². The molecular weight excluding hydrogens is 517 g/mol. The number of hydrogen-bond donors (Lipinski definition) is 1. The van der Waals surface area contributed by atoms with Crippen LogP contribution in [-0.4, -0.2) is 52.9 Å². The van der Waals surface area contributed by atoms with Gasteiger partial charge in [0.2, 0.25) is 20.0 Å². The number of benzene rings is 2. The molecule has 2 aliphatic heterocycles. The molecule has 2 heterocycles. The standard InChI is InChI=1S/C26H32FN3O5S2/c1-36(32,33)28-21-8-9-24-23(17-21)26(10-4-2-5-11-26)18-30(24)25(31)19-14-20(27)16-22(15-19)37(34,35)29-12-6-3-7-13-29/h8-9,14-17,28H,2-7,10-13,18H2,1H3. The summed E-state index contributed by atoms with van der Waals surface area (Å²) in [6.07, 6.45) is 8.32. The van der Waals surface area contributed by atoms with Crippen LogP contribution in [-0.2, 0) is 25.5 Å². The Hall–Kier alpha value is -2.50. The third kappa shape index (κ3) is 5.13. The molecule has 0 atom stereocenters. The summed E-state index contributed by atoms with van der Waals surface area (Å²) in [5.41, 5.74) is 1.63. The van der Waals surface area contributed by atoms with Gasteiger partial charge in [0.25, 0.3) is 5.91 Å². The Morgan fingerprint density at radius 1 is 0.919 bits per heavy atom. The first kappa shape index (κ1) is 26.1. The smallest absolute Gasteiger partial charge is 0.258 e.